The summed E-state index contributed by atoms with van der Waals surface area (Å²) < 4.78 is 13.5. The summed E-state index contributed by atoms with van der Waals surface area (Å²) in [6, 6.07) is 16.7. The van der Waals surface area contributed by atoms with Crippen molar-refractivity contribution in [1.82, 2.24) is 14.5 Å². The number of nitrogens with zero attached hydrogens (tertiary/aromatic N) is 3. The first-order valence-corrected chi connectivity index (χ1v) is 15.5. The molecule has 0 amide bonds. The molecule has 44 heavy (non-hydrogen) atoms. The Kier molecular flexibility index (Phi) is 11.3. The molecule has 1 atom stereocenters. The number of aliphatic carboxylic acids is 1. The number of aryl methyl sites for hydroxylation is 4. The number of unbranched alkanes of at least 4 members (excludes halogenated alkanes) is 1. The van der Waals surface area contributed by atoms with E-state index >= 15 is 0 Å². The van der Waals surface area contributed by atoms with Crippen LogP contribution in [0.2, 0.25) is 0 Å². The quantitative estimate of drug-likeness (QED) is 0.158. The van der Waals surface area contributed by atoms with E-state index in [4.69, 9.17) is 14.5 Å². The number of rotatable bonds is 15. The molecule has 232 valence electrons. The lowest BCUT2D eigenvalue weighted by molar-refractivity contribution is -0.145. The minimum atomic E-state index is -1.24. The molecule has 8 heteroatoms. The molecule has 0 saturated carbocycles. The summed E-state index contributed by atoms with van der Waals surface area (Å²) in [4.78, 5) is 35.9. The maximum atomic E-state index is 14.1. The normalized spacial score (nSPS) is 11.8. The number of para-hydroxylation sites is 1. The fourth-order valence-corrected chi connectivity index (χ4v) is 5.64. The van der Waals surface area contributed by atoms with Crippen LogP contribution in [0, 0.1) is 6.92 Å². The van der Waals surface area contributed by atoms with Crippen LogP contribution in [-0.4, -0.2) is 32.7 Å². The van der Waals surface area contributed by atoms with E-state index in [1.807, 2.05) is 25.1 Å². The topological polar surface area (TPSA) is 104 Å². The highest BCUT2D eigenvalue weighted by Gasteiger charge is 2.28. The van der Waals surface area contributed by atoms with Gasteiger partial charge in [-0.3, -0.25) is 4.79 Å². The van der Waals surface area contributed by atoms with Crippen molar-refractivity contribution in [3.63, 3.8) is 0 Å². The first-order valence-electron chi connectivity index (χ1n) is 15.5. The molecule has 0 bridgehead atoms. The number of aromatic nitrogens is 3. The van der Waals surface area contributed by atoms with Gasteiger partial charge < -0.3 is 14.6 Å². The van der Waals surface area contributed by atoms with Crippen molar-refractivity contribution < 1.29 is 19.4 Å². The van der Waals surface area contributed by atoms with Gasteiger partial charge in [0.1, 0.15) is 23.1 Å². The summed E-state index contributed by atoms with van der Waals surface area (Å²) >= 11 is 0. The van der Waals surface area contributed by atoms with Crippen molar-refractivity contribution in [3.05, 3.63) is 110 Å². The molecule has 2 heterocycles. The second-order valence-corrected chi connectivity index (χ2v) is 11.0. The summed E-state index contributed by atoms with van der Waals surface area (Å²) in [7, 11) is 1.52. The van der Waals surface area contributed by atoms with Gasteiger partial charge in [0.05, 0.1) is 12.8 Å². The summed E-state index contributed by atoms with van der Waals surface area (Å²) in [5.74, 6) is 1.12. The minimum Gasteiger partial charge on any atom is -0.496 e. The van der Waals surface area contributed by atoms with Gasteiger partial charge in [0, 0.05) is 23.7 Å². The number of hydrogen-bond donors (Lipinski definition) is 1. The molecular formula is C36H43N3O5. The van der Waals surface area contributed by atoms with Crippen LogP contribution in [0.5, 0.6) is 11.5 Å². The number of carbonyl (C=O) groups is 1. The highest BCUT2D eigenvalue weighted by Crippen LogP contribution is 2.36. The molecule has 0 spiro atoms. The van der Waals surface area contributed by atoms with Gasteiger partial charge in [0.2, 0.25) is 6.10 Å². The number of hydrogen-bond acceptors (Lipinski definition) is 6. The molecule has 0 saturated heterocycles. The van der Waals surface area contributed by atoms with Crippen LogP contribution in [0.15, 0.2) is 65.6 Å². The van der Waals surface area contributed by atoms with Crippen LogP contribution < -0.4 is 15.0 Å². The number of benzene rings is 2. The van der Waals surface area contributed by atoms with Crippen LogP contribution in [-0.2, 0) is 30.5 Å². The van der Waals surface area contributed by atoms with Gasteiger partial charge in [-0.25, -0.2) is 19.3 Å². The molecule has 2 aromatic heterocycles. The highest BCUT2D eigenvalue weighted by molar-refractivity contribution is 5.76. The van der Waals surface area contributed by atoms with Gasteiger partial charge in [-0.15, -0.1) is 0 Å². The van der Waals surface area contributed by atoms with Gasteiger partial charge in [-0.1, -0.05) is 76.4 Å². The van der Waals surface area contributed by atoms with Crippen LogP contribution in [0.1, 0.15) is 91.9 Å². The van der Waals surface area contributed by atoms with E-state index < -0.39 is 12.1 Å². The molecule has 0 aliphatic heterocycles. The van der Waals surface area contributed by atoms with Crippen molar-refractivity contribution in [2.75, 3.05) is 7.11 Å². The zero-order valence-electron chi connectivity index (χ0n) is 26.4. The van der Waals surface area contributed by atoms with E-state index in [1.54, 1.807) is 35.0 Å². The zero-order valence-corrected chi connectivity index (χ0v) is 26.4. The minimum absolute atomic E-state index is 0.112. The lowest BCUT2D eigenvalue weighted by Crippen LogP contribution is -2.29. The van der Waals surface area contributed by atoms with Crippen molar-refractivity contribution in [1.29, 1.82) is 0 Å². The van der Waals surface area contributed by atoms with Gasteiger partial charge in [0.25, 0.3) is 5.56 Å². The van der Waals surface area contributed by atoms with Crippen LogP contribution in [0.4, 0.5) is 0 Å². The molecule has 0 radical (unpaired) electrons. The van der Waals surface area contributed by atoms with E-state index in [0.717, 1.165) is 54.5 Å². The Morgan fingerprint density at radius 3 is 2.23 bits per heavy atom. The lowest BCUT2D eigenvalue weighted by atomic mass is 9.94. The Balaban J connectivity index is 1.84. The van der Waals surface area contributed by atoms with E-state index in [2.05, 4.69) is 37.9 Å². The Bertz CT molecular complexity index is 1600. The third kappa shape index (κ3) is 7.36. The molecule has 2 aromatic carbocycles. The number of carboxylic acids is 1. The monoisotopic (exact) mass is 597 g/mol. The summed E-state index contributed by atoms with van der Waals surface area (Å²) in [6.45, 7) is 8.15. The second-order valence-electron chi connectivity index (χ2n) is 11.0. The molecular weight excluding hydrogens is 554 g/mol. The van der Waals surface area contributed by atoms with Gasteiger partial charge in [0.15, 0.2) is 0 Å². The van der Waals surface area contributed by atoms with Crippen molar-refractivity contribution in [3.8, 4) is 17.3 Å². The van der Waals surface area contributed by atoms with E-state index in [9.17, 15) is 14.7 Å². The molecule has 1 N–H and O–H groups in total. The van der Waals surface area contributed by atoms with Crippen molar-refractivity contribution in [2.45, 2.75) is 85.2 Å². The van der Waals surface area contributed by atoms with Crippen LogP contribution in [0.3, 0.4) is 0 Å². The largest absolute Gasteiger partial charge is 0.496 e. The van der Waals surface area contributed by atoms with Gasteiger partial charge in [-0.2, -0.15) is 0 Å². The van der Waals surface area contributed by atoms with Crippen LogP contribution >= 0.6 is 0 Å². The first kappa shape index (κ1) is 32.5. The molecule has 8 nitrogen and oxygen atoms in total. The number of methoxy groups -OCH3 is 1. The first-order chi connectivity index (χ1) is 21.3. The SMILES string of the molecule is CCCCc1nc(C)n(-c2ccccn2)c(=O)c1Cc1cc(CCC)c(OC(C(=O)O)c2ccccc2OC)c(CCC)c1. The molecule has 4 aromatic rings. The third-order valence-corrected chi connectivity index (χ3v) is 7.68. The number of ether oxygens (including phenoxy) is 2. The second kappa shape index (κ2) is 15.3. The van der Waals surface area contributed by atoms with E-state index in [0.29, 0.717) is 53.5 Å². The smallest absolute Gasteiger partial charge is 0.349 e. The van der Waals surface area contributed by atoms with E-state index in [1.165, 1.54) is 7.11 Å². The average Bonchev–Trinajstić information content (AvgIpc) is 3.02. The number of carboxylic acid groups (broad SMARTS) is 1. The Hall–Kier alpha value is -4.46. The maximum Gasteiger partial charge on any atom is 0.349 e. The summed E-state index contributed by atoms with van der Waals surface area (Å²) in [6.07, 6.45) is 6.57. The zero-order chi connectivity index (χ0) is 31.6. The predicted octanol–water partition coefficient (Wildman–Crippen LogP) is 6.99. The molecule has 0 fully saturated rings. The Labute approximate surface area is 259 Å². The Morgan fingerprint density at radius 1 is 0.955 bits per heavy atom. The Morgan fingerprint density at radius 2 is 1.64 bits per heavy atom. The summed E-state index contributed by atoms with van der Waals surface area (Å²) in [5, 5.41) is 10.2. The molecule has 0 aliphatic rings. The average molecular weight is 598 g/mol. The fourth-order valence-electron chi connectivity index (χ4n) is 5.64. The lowest BCUT2D eigenvalue weighted by Gasteiger charge is -2.23. The number of pyridine rings is 1. The third-order valence-electron chi connectivity index (χ3n) is 7.68. The van der Waals surface area contributed by atoms with Crippen LogP contribution in [0.25, 0.3) is 5.82 Å². The fraction of sp³-hybridized carbons (Fsp3) is 0.389. The van der Waals surface area contributed by atoms with Crippen molar-refractivity contribution >= 4 is 5.97 Å². The molecule has 4 rings (SSSR count). The van der Waals surface area contributed by atoms with Crippen molar-refractivity contribution in [2.24, 2.45) is 0 Å². The molecule has 1 unspecified atom stereocenters. The summed E-state index contributed by atoms with van der Waals surface area (Å²) in [5.41, 5.74) is 4.64. The van der Waals surface area contributed by atoms with Gasteiger partial charge >= 0.3 is 5.97 Å². The predicted molar refractivity (Wildman–Crippen MR) is 172 cm³/mol. The van der Waals surface area contributed by atoms with E-state index in [-0.39, 0.29) is 5.56 Å². The highest BCUT2D eigenvalue weighted by atomic mass is 16.5. The van der Waals surface area contributed by atoms with Gasteiger partial charge in [-0.05, 0) is 67.5 Å². The maximum absolute atomic E-state index is 14.1. The molecule has 0 aliphatic carbocycles. The standard InChI is InChI=1S/C36H43N3O5/c1-6-9-17-30-29(35(40)39(24(4)38-30)32-19-12-13-20-37-32)23-25-21-26(14-7-2)33(27(22-25)15-8-3)44-34(36(41)42)28-16-10-11-18-31(28)43-5/h10-13,16,18-22,34H,6-9,14-15,17,23H2,1-5H3,(H,41,42).